The maximum atomic E-state index is 13.7. The van der Waals surface area contributed by atoms with Crippen LogP contribution < -0.4 is 5.32 Å². The molecule has 1 heterocycles. The van der Waals surface area contributed by atoms with Crippen LogP contribution in [0.25, 0.3) is 6.08 Å². The highest BCUT2D eigenvalue weighted by molar-refractivity contribution is 8.18. The summed E-state index contributed by atoms with van der Waals surface area (Å²) in [6, 6.07) is 11.6. The van der Waals surface area contributed by atoms with E-state index in [9.17, 15) is 23.9 Å². The number of thioether (sulfide) groups is 1. The number of imide groups is 1. The van der Waals surface area contributed by atoms with Gasteiger partial charge in [0.15, 0.2) is 0 Å². The molecular formula is C18H13FN2O4S. The van der Waals surface area contributed by atoms with Gasteiger partial charge < -0.3 is 10.4 Å². The van der Waals surface area contributed by atoms with E-state index in [1.165, 1.54) is 48.5 Å². The van der Waals surface area contributed by atoms with E-state index >= 15 is 0 Å². The molecule has 0 unspecified atom stereocenters. The third-order valence-electron chi connectivity index (χ3n) is 3.52. The number of benzene rings is 2. The van der Waals surface area contributed by atoms with Crippen molar-refractivity contribution in [3.8, 4) is 5.75 Å². The minimum absolute atomic E-state index is 0.0484. The Morgan fingerprint density at radius 1 is 1.15 bits per heavy atom. The smallest absolute Gasteiger partial charge is 0.294 e. The fourth-order valence-electron chi connectivity index (χ4n) is 2.26. The van der Waals surface area contributed by atoms with Crippen molar-refractivity contribution in [2.24, 2.45) is 0 Å². The number of rotatable bonds is 4. The average Bonchev–Trinajstić information content (AvgIpc) is 2.86. The average molecular weight is 372 g/mol. The number of nitrogens with one attached hydrogen (secondary N) is 1. The third kappa shape index (κ3) is 3.92. The van der Waals surface area contributed by atoms with Crippen LogP contribution in [-0.4, -0.2) is 33.6 Å². The van der Waals surface area contributed by atoms with Crippen LogP contribution in [0.15, 0.2) is 53.4 Å². The number of carbonyl (C=O) groups is 3. The number of hydrogen-bond donors (Lipinski definition) is 2. The molecule has 0 radical (unpaired) electrons. The second-order valence-corrected chi connectivity index (χ2v) is 6.38. The number of amides is 3. The summed E-state index contributed by atoms with van der Waals surface area (Å²) in [5, 5.41) is 11.1. The van der Waals surface area contributed by atoms with Crippen molar-refractivity contribution in [3.05, 3.63) is 64.8 Å². The molecule has 0 bridgehead atoms. The molecule has 1 fully saturated rings. The van der Waals surface area contributed by atoms with E-state index < -0.39 is 29.4 Å². The highest BCUT2D eigenvalue weighted by Crippen LogP contribution is 2.32. The van der Waals surface area contributed by atoms with Crippen LogP contribution in [0.3, 0.4) is 0 Å². The summed E-state index contributed by atoms with van der Waals surface area (Å²) in [6.45, 7) is -0.458. The van der Waals surface area contributed by atoms with E-state index in [1.807, 2.05) is 0 Å². The lowest BCUT2D eigenvalue weighted by atomic mass is 10.2. The number of phenolic OH excluding ortho intramolecular Hbond substituents is 1. The van der Waals surface area contributed by atoms with Gasteiger partial charge in [-0.25, -0.2) is 4.39 Å². The first kappa shape index (κ1) is 17.7. The van der Waals surface area contributed by atoms with Gasteiger partial charge in [-0.1, -0.05) is 18.2 Å². The molecular weight excluding hydrogens is 359 g/mol. The topological polar surface area (TPSA) is 86.7 Å². The van der Waals surface area contributed by atoms with Gasteiger partial charge in [-0.3, -0.25) is 19.3 Å². The molecule has 1 aliphatic heterocycles. The van der Waals surface area contributed by atoms with E-state index in [4.69, 9.17) is 0 Å². The van der Waals surface area contributed by atoms with Crippen LogP contribution in [-0.2, 0) is 9.59 Å². The Labute approximate surface area is 152 Å². The Kier molecular flexibility index (Phi) is 5.04. The lowest BCUT2D eigenvalue weighted by molar-refractivity contribution is -0.127. The van der Waals surface area contributed by atoms with E-state index in [0.29, 0.717) is 17.4 Å². The second kappa shape index (κ2) is 7.40. The van der Waals surface area contributed by atoms with Gasteiger partial charge >= 0.3 is 0 Å². The molecule has 1 aliphatic rings. The Bertz CT molecular complexity index is 912. The van der Waals surface area contributed by atoms with Crippen LogP contribution >= 0.6 is 11.8 Å². The highest BCUT2D eigenvalue weighted by atomic mass is 32.2. The number of nitrogens with zero attached hydrogens (tertiary/aromatic N) is 1. The van der Waals surface area contributed by atoms with Crippen molar-refractivity contribution in [2.45, 2.75) is 0 Å². The molecule has 0 aromatic heterocycles. The van der Waals surface area contributed by atoms with Crippen molar-refractivity contribution in [2.75, 3.05) is 11.9 Å². The molecule has 3 amide bonds. The van der Waals surface area contributed by atoms with Gasteiger partial charge in [0.1, 0.15) is 18.1 Å². The maximum absolute atomic E-state index is 13.7. The minimum Gasteiger partial charge on any atom is -0.508 e. The van der Waals surface area contributed by atoms with Crippen molar-refractivity contribution in [1.29, 1.82) is 0 Å². The SMILES string of the molecule is O=C(CN1C(=O)S/C(=C\c2ccccc2F)C1=O)Nc1ccc(O)cc1. The Morgan fingerprint density at radius 2 is 1.85 bits per heavy atom. The normalized spacial score (nSPS) is 15.6. The first-order chi connectivity index (χ1) is 12.4. The number of hydrogen-bond acceptors (Lipinski definition) is 5. The first-order valence-corrected chi connectivity index (χ1v) is 8.34. The standard InChI is InChI=1S/C18H13FN2O4S/c19-14-4-2-1-3-11(14)9-15-17(24)21(18(25)26-15)10-16(23)20-12-5-7-13(22)8-6-12/h1-9,22H,10H2,(H,20,23)/b15-9-. The molecule has 2 aromatic carbocycles. The van der Waals surface area contributed by atoms with Gasteiger partial charge in [0, 0.05) is 11.3 Å². The van der Waals surface area contributed by atoms with Crippen LogP contribution in [0.2, 0.25) is 0 Å². The molecule has 0 spiro atoms. The fraction of sp³-hybridized carbons (Fsp3) is 0.0556. The molecule has 2 aromatic rings. The quantitative estimate of drug-likeness (QED) is 0.636. The summed E-state index contributed by atoms with van der Waals surface area (Å²) in [6.07, 6.45) is 1.29. The van der Waals surface area contributed by atoms with Crippen LogP contribution in [0, 0.1) is 5.82 Å². The van der Waals surface area contributed by atoms with Crippen molar-refractivity contribution in [1.82, 2.24) is 4.90 Å². The number of aromatic hydroxyl groups is 1. The lowest BCUT2D eigenvalue weighted by Crippen LogP contribution is -2.36. The zero-order chi connectivity index (χ0) is 18.7. The van der Waals surface area contributed by atoms with E-state index in [2.05, 4.69) is 5.32 Å². The molecule has 0 aliphatic carbocycles. The number of anilines is 1. The molecule has 8 heteroatoms. The van der Waals surface area contributed by atoms with E-state index in [-0.39, 0.29) is 16.2 Å². The van der Waals surface area contributed by atoms with Gasteiger partial charge in [0.2, 0.25) is 5.91 Å². The Morgan fingerprint density at radius 3 is 2.54 bits per heavy atom. The number of carbonyl (C=O) groups excluding carboxylic acids is 3. The van der Waals surface area contributed by atoms with Gasteiger partial charge in [-0.15, -0.1) is 0 Å². The molecule has 0 atom stereocenters. The first-order valence-electron chi connectivity index (χ1n) is 7.53. The largest absolute Gasteiger partial charge is 0.508 e. The van der Waals surface area contributed by atoms with Crippen LogP contribution in [0.4, 0.5) is 14.9 Å². The van der Waals surface area contributed by atoms with Gasteiger partial charge in [0.25, 0.3) is 11.1 Å². The molecule has 6 nitrogen and oxygen atoms in total. The molecule has 0 saturated carbocycles. The Balaban J connectivity index is 1.70. The van der Waals surface area contributed by atoms with Crippen LogP contribution in [0.5, 0.6) is 5.75 Å². The maximum Gasteiger partial charge on any atom is 0.294 e. The van der Waals surface area contributed by atoms with Gasteiger partial charge in [-0.05, 0) is 48.2 Å². The van der Waals surface area contributed by atoms with Crippen molar-refractivity contribution >= 4 is 40.6 Å². The molecule has 3 rings (SSSR count). The molecule has 2 N–H and O–H groups in total. The predicted molar refractivity (Wildman–Crippen MR) is 95.8 cm³/mol. The monoisotopic (exact) mass is 372 g/mol. The van der Waals surface area contributed by atoms with E-state index in [0.717, 1.165) is 4.90 Å². The second-order valence-electron chi connectivity index (χ2n) is 5.38. The van der Waals surface area contributed by atoms with Crippen molar-refractivity contribution < 1.29 is 23.9 Å². The van der Waals surface area contributed by atoms with Gasteiger partial charge in [-0.2, -0.15) is 0 Å². The lowest BCUT2D eigenvalue weighted by Gasteiger charge is -2.12. The highest BCUT2D eigenvalue weighted by Gasteiger charge is 2.36. The summed E-state index contributed by atoms with van der Waals surface area (Å²) in [5.41, 5.74) is 0.605. The fourth-order valence-corrected chi connectivity index (χ4v) is 3.09. The molecule has 26 heavy (non-hydrogen) atoms. The summed E-state index contributed by atoms with van der Waals surface area (Å²) >= 11 is 0.654. The molecule has 132 valence electrons. The third-order valence-corrected chi connectivity index (χ3v) is 4.43. The van der Waals surface area contributed by atoms with Crippen LogP contribution in [0.1, 0.15) is 5.56 Å². The minimum atomic E-state index is -0.649. The Hall–Kier alpha value is -3.13. The summed E-state index contributed by atoms with van der Waals surface area (Å²) < 4.78 is 13.7. The molecule has 1 saturated heterocycles. The van der Waals surface area contributed by atoms with Crippen molar-refractivity contribution in [3.63, 3.8) is 0 Å². The summed E-state index contributed by atoms with van der Waals surface area (Å²) in [4.78, 5) is 37.3. The zero-order valence-electron chi connectivity index (χ0n) is 13.3. The predicted octanol–water partition coefficient (Wildman–Crippen LogP) is 3.21. The van der Waals surface area contributed by atoms with Gasteiger partial charge in [0.05, 0.1) is 4.91 Å². The number of halogens is 1. The summed E-state index contributed by atoms with van der Waals surface area (Å²) in [7, 11) is 0. The summed E-state index contributed by atoms with van der Waals surface area (Å²) in [5.74, 6) is -1.68. The zero-order valence-corrected chi connectivity index (χ0v) is 14.1. The number of phenols is 1. The van der Waals surface area contributed by atoms with E-state index in [1.54, 1.807) is 6.07 Å².